The number of methoxy groups -OCH3 is 1. The third kappa shape index (κ3) is 3.87. The number of ketones is 1. The second-order valence-corrected chi connectivity index (χ2v) is 8.45. The molecule has 1 fully saturated rings. The van der Waals surface area contributed by atoms with Crippen molar-refractivity contribution in [2.45, 2.75) is 26.8 Å². The summed E-state index contributed by atoms with van der Waals surface area (Å²) in [6.07, 6.45) is 1.58. The van der Waals surface area contributed by atoms with Crippen LogP contribution in [0.15, 0.2) is 60.3 Å². The Kier molecular flexibility index (Phi) is 5.95. The highest BCUT2D eigenvalue weighted by molar-refractivity contribution is 6.51. The van der Waals surface area contributed by atoms with Gasteiger partial charge in [-0.1, -0.05) is 35.4 Å². The predicted molar refractivity (Wildman–Crippen MR) is 128 cm³/mol. The summed E-state index contributed by atoms with van der Waals surface area (Å²) in [6, 6.07) is 13.3. The Morgan fingerprint density at radius 1 is 1.06 bits per heavy atom. The second kappa shape index (κ2) is 8.71. The summed E-state index contributed by atoms with van der Waals surface area (Å²) in [4.78, 5) is 32.4. The number of amides is 1. The molecule has 2 heterocycles. The number of carbonyl (C=O) groups is 2. The molecule has 1 aliphatic rings. The molecule has 0 saturated carbocycles. The number of halogens is 1. The number of nitrogens with zero attached hydrogens (tertiary/aromatic N) is 2. The molecule has 1 aliphatic heterocycles. The molecule has 1 saturated heterocycles. The molecule has 3 aromatic rings. The van der Waals surface area contributed by atoms with E-state index in [-0.39, 0.29) is 27.7 Å². The van der Waals surface area contributed by atoms with E-state index in [2.05, 4.69) is 4.98 Å². The molecule has 168 valence electrons. The molecule has 0 bridgehead atoms. The molecule has 1 amide bonds. The van der Waals surface area contributed by atoms with Crippen LogP contribution in [0.1, 0.15) is 34.0 Å². The van der Waals surface area contributed by atoms with Gasteiger partial charge in [-0.05, 0) is 62.2 Å². The molecule has 4 rings (SSSR count). The van der Waals surface area contributed by atoms with Gasteiger partial charge in [0.15, 0.2) is 0 Å². The molecule has 1 unspecified atom stereocenters. The lowest BCUT2D eigenvalue weighted by Gasteiger charge is -2.26. The van der Waals surface area contributed by atoms with Crippen molar-refractivity contribution in [2.24, 2.45) is 0 Å². The zero-order valence-electron chi connectivity index (χ0n) is 18.7. The van der Waals surface area contributed by atoms with Crippen LogP contribution in [0.5, 0.6) is 5.75 Å². The summed E-state index contributed by atoms with van der Waals surface area (Å²) in [7, 11) is 1.43. The minimum atomic E-state index is -0.920. The van der Waals surface area contributed by atoms with Crippen LogP contribution in [0.3, 0.4) is 0 Å². The number of benzene rings is 2. The van der Waals surface area contributed by atoms with Gasteiger partial charge in [0.05, 0.1) is 29.0 Å². The number of aromatic nitrogens is 1. The summed E-state index contributed by atoms with van der Waals surface area (Å²) >= 11 is 6.33. The van der Waals surface area contributed by atoms with Crippen LogP contribution in [0, 0.1) is 20.8 Å². The third-order valence-electron chi connectivity index (χ3n) is 5.67. The fraction of sp³-hybridized carbons (Fsp3) is 0.192. The number of anilines is 1. The van der Waals surface area contributed by atoms with Gasteiger partial charge >= 0.3 is 0 Å². The van der Waals surface area contributed by atoms with Gasteiger partial charge < -0.3 is 9.84 Å². The van der Waals surface area contributed by atoms with Gasteiger partial charge in [0.2, 0.25) is 0 Å². The molecule has 1 aromatic heterocycles. The van der Waals surface area contributed by atoms with Crippen molar-refractivity contribution in [3.63, 3.8) is 0 Å². The van der Waals surface area contributed by atoms with Crippen LogP contribution >= 0.6 is 11.6 Å². The first-order valence-corrected chi connectivity index (χ1v) is 10.8. The van der Waals surface area contributed by atoms with Gasteiger partial charge in [-0.15, -0.1) is 0 Å². The van der Waals surface area contributed by atoms with Crippen LogP contribution in [0.25, 0.3) is 5.76 Å². The predicted octanol–water partition coefficient (Wildman–Crippen LogP) is 5.30. The number of ether oxygens (including phenoxy) is 1. The van der Waals surface area contributed by atoms with Crippen molar-refractivity contribution in [1.82, 2.24) is 4.98 Å². The Bertz CT molecular complexity index is 1300. The van der Waals surface area contributed by atoms with E-state index in [4.69, 9.17) is 16.3 Å². The molecule has 7 heteroatoms. The zero-order chi connectivity index (χ0) is 23.9. The average molecular weight is 463 g/mol. The molecular weight excluding hydrogens is 440 g/mol. The SMILES string of the molecule is COc1c(Cl)cc(C)cc1/C(O)=C1\C(=O)C(=O)N(c2ccc(C)cc2C)C1c1ccccn1. The van der Waals surface area contributed by atoms with E-state index in [9.17, 15) is 14.7 Å². The molecule has 0 spiro atoms. The van der Waals surface area contributed by atoms with Crippen molar-refractivity contribution >= 4 is 34.7 Å². The number of aryl methyl sites for hydroxylation is 3. The Morgan fingerprint density at radius 3 is 2.45 bits per heavy atom. The van der Waals surface area contributed by atoms with Gasteiger partial charge in [0, 0.05) is 11.9 Å². The van der Waals surface area contributed by atoms with Gasteiger partial charge in [0.25, 0.3) is 11.7 Å². The first-order chi connectivity index (χ1) is 15.7. The number of rotatable bonds is 4. The lowest BCUT2D eigenvalue weighted by molar-refractivity contribution is -0.132. The molecule has 2 aromatic carbocycles. The molecule has 6 nitrogen and oxygen atoms in total. The van der Waals surface area contributed by atoms with Gasteiger partial charge in [-0.3, -0.25) is 19.5 Å². The number of carbonyl (C=O) groups excluding carboxylic acids is 2. The van der Waals surface area contributed by atoms with Gasteiger partial charge in [-0.2, -0.15) is 0 Å². The monoisotopic (exact) mass is 462 g/mol. The van der Waals surface area contributed by atoms with E-state index >= 15 is 0 Å². The maximum atomic E-state index is 13.3. The highest BCUT2D eigenvalue weighted by Gasteiger charge is 2.48. The van der Waals surface area contributed by atoms with Crippen molar-refractivity contribution in [3.8, 4) is 5.75 Å². The van der Waals surface area contributed by atoms with E-state index in [1.165, 1.54) is 12.0 Å². The van der Waals surface area contributed by atoms with Crippen molar-refractivity contribution in [3.05, 3.63) is 93.3 Å². The molecular formula is C26H23ClN2O4. The van der Waals surface area contributed by atoms with Crippen LogP contribution in [-0.2, 0) is 9.59 Å². The fourth-order valence-electron chi connectivity index (χ4n) is 4.23. The van der Waals surface area contributed by atoms with E-state index in [0.717, 1.165) is 16.7 Å². The number of aliphatic hydroxyl groups is 1. The largest absolute Gasteiger partial charge is 0.507 e. The summed E-state index contributed by atoms with van der Waals surface area (Å²) in [5, 5.41) is 11.7. The van der Waals surface area contributed by atoms with E-state index in [0.29, 0.717) is 11.4 Å². The minimum absolute atomic E-state index is 0.0707. The first-order valence-electron chi connectivity index (χ1n) is 10.4. The van der Waals surface area contributed by atoms with Crippen LogP contribution in [0.4, 0.5) is 5.69 Å². The highest BCUT2D eigenvalue weighted by atomic mass is 35.5. The lowest BCUT2D eigenvalue weighted by Crippen LogP contribution is -2.30. The minimum Gasteiger partial charge on any atom is -0.507 e. The maximum Gasteiger partial charge on any atom is 0.300 e. The number of hydrogen-bond donors (Lipinski definition) is 1. The second-order valence-electron chi connectivity index (χ2n) is 8.04. The summed E-state index contributed by atoms with van der Waals surface area (Å²) in [5.41, 5.74) is 3.82. The summed E-state index contributed by atoms with van der Waals surface area (Å²) in [5.74, 6) is -1.68. The van der Waals surface area contributed by atoms with Crippen molar-refractivity contribution in [2.75, 3.05) is 12.0 Å². The Morgan fingerprint density at radius 2 is 1.82 bits per heavy atom. The average Bonchev–Trinajstić information content (AvgIpc) is 3.04. The molecule has 1 N–H and O–H groups in total. The van der Waals surface area contributed by atoms with E-state index in [1.54, 1.807) is 42.6 Å². The molecule has 0 radical (unpaired) electrons. The molecule has 33 heavy (non-hydrogen) atoms. The number of Topliss-reactive ketones (excluding diaryl/α,β-unsaturated/α-hetero) is 1. The normalized spacial score (nSPS) is 17.5. The first kappa shape index (κ1) is 22.6. The van der Waals surface area contributed by atoms with Crippen LogP contribution < -0.4 is 9.64 Å². The zero-order valence-corrected chi connectivity index (χ0v) is 19.5. The Hall–Kier alpha value is -3.64. The van der Waals surface area contributed by atoms with E-state index in [1.807, 2.05) is 32.9 Å². The topological polar surface area (TPSA) is 79.7 Å². The standard InChI is InChI=1S/C26H23ClN2O4/c1-14-8-9-20(16(3)11-14)29-22(19-7-5-6-10-28-19)21(24(31)26(29)32)23(30)17-12-15(2)13-18(27)25(17)33-4/h5-13,22,30H,1-4H3/b23-21+. The van der Waals surface area contributed by atoms with Crippen LogP contribution in [-0.4, -0.2) is 28.9 Å². The summed E-state index contributed by atoms with van der Waals surface area (Å²) < 4.78 is 5.41. The van der Waals surface area contributed by atoms with Gasteiger partial charge in [-0.25, -0.2) is 0 Å². The number of aliphatic hydroxyl groups excluding tert-OH is 1. The number of hydrogen-bond acceptors (Lipinski definition) is 5. The van der Waals surface area contributed by atoms with Crippen molar-refractivity contribution in [1.29, 1.82) is 0 Å². The highest BCUT2D eigenvalue weighted by Crippen LogP contribution is 2.44. The van der Waals surface area contributed by atoms with Crippen molar-refractivity contribution < 1.29 is 19.4 Å². The Balaban J connectivity index is 2.02. The summed E-state index contributed by atoms with van der Waals surface area (Å²) in [6.45, 7) is 5.64. The molecule has 0 aliphatic carbocycles. The third-order valence-corrected chi connectivity index (χ3v) is 5.95. The lowest BCUT2D eigenvalue weighted by atomic mass is 9.96. The van der Waals surface area contributed by atoms with Crippen LogP contribution in [0.2, 0.25) is 5.02 Å². The fourth-order valence-corrected chi connectivity index (χ4v) is 4.58. The Labute approximate surface area is 197 Å². The quantitative estimate of drug-likeness (QED) is 0.323. The number of pyridine rings is 1. The maximum absolute atomic E-state index is 13.3. The van der Waals surface area contributed by atoms with Gasteiger partial charge in [0.1, 0.15) is 17.6 Å². The smallest absolute Gasteiger partial charge is 0.300 e. The molecule has 1 atom stereocenters. The van der Waals surface area contributed by atoms with E-state index < -0.39 is 17.7 Å².